The van der Waals surface area contributed by atoms with Crippen molar-refractivity contribution in [2.75, 3.05) is 26.0 Å². The van der Waals surface area contributed by atoms with E-state index in [9.17, 15) is 23.3 Å². The molecule has 3 rings (SSSR count). The molecular formula is C23H25N3O6S. The highest BCUT2D eigenvalue weighted by Gasteiger charge is 2.41. The van der Waals surface area contributed by atoms with E-state index < -0.39 is 33.3 Å². The van der Waals surface area contributed by atoms with Crippen LogP contribution in [0.5, 0.6) is 0 Å². The number of nitrogens with one attached hydrogen (secondary N) is 2. The minimum absolute atomic E-state index is 0.0160. The van der Waals surface area contributed by atoms with E-state index in [1.165, 1.54) is 6.07 Å². The standard InChI is InChI=1S/C23H25N3O6S/c1-33(30,31)20-4-2-3-18(13-20)16-5-7-17(8-6-16)19(14-24)15-25-21(27)23(26-22(28)29)9-11-32-12-10-23/h2-8,13,19,26H,9-12,15H2,1H3,(H,25,27)(H,28,29). The number of amides is 2. The molecule has 1 fully saturated rings. The lowest BCUT2D eigenvalue weighted by Crippen LogP contribution is -2.61. The molecule has 33 heavy (non-hydrogen) atoms. The molecule has 2 amide bonds. The number of benzene rings is 2. The second-order valence-corrected chi connectivity index (χ2v) is 9.95. The predicted molar refractivity (Wildman–Crippen MR) is 120 cm³/mol. The number of carboxylic acid groups (broad SMARTS) is 1. The first-order valence-corrected chi connectivity index (χ1v) is 12.2. The van der Waals surface area contributed by atoms with E-state index in [1.807, 2.05) is 0 Å². The highest BCUT2D eigenvalue weighted by Crippen LogP contribution is 2.26. The van der Waals surface area contributed by atoms with Crippen molar-refractivity contribution < 1.29 is 27.9 Å². The van der Waals surface area contributed by atoms with Crippen molar-refractivity contribution in [3.63, 3.8) is 0 Å². The number of ether oxygens (including phenoxy) is 1. The van der Waals surface area contributed by atoms with Gasteiger partial charge in [0.05, 0.1) is 16.9 Å². The van der Waals surface area contributed by atoms with Crippen molar-refractivity contribution in [3.05, 3.63) is 54.1 Å². The summed E-state index contributed by atoms with van der Waals surface area (Å²) >= 11 is 0. The summed E-state index contributed by atoms with van der Waals surface area (Å²) in [6.07, 6.45) is 0.282. The maximum absolute atomic E-state index is 12.8. The average Bonchev–Trinajstić information content (AvgIpc) is 2.79. The zero-order valence-electron chi connectivity index (χ0n) is 18.1. The van der Waals surface area contributed by atoms with Gasteiger partial charge in [-0.15, -0.1) is 0 Å². The van der Waals surface area contributed by atoms with Gasteiger partial charge in [-0.2, -0.15) is 5.26 Å². The molecule has 0 radical (unpaired) electrons. The Morgan fingerprint density at radius 1 is 1.15 bits per heavy atom. The van der Waals surface area contributed by atoms with E-state index in [2.05, 4.69) is 16.7 Å². The largest absolute Gasteiger partial charge is 0.465 e. The molecule has 1 aliphatic heterocycles. The van der Waals surface area contributed by atoms with E-state index >= 15 is 0 Å². The third kappa shape index (κ3) is 5.88. The molecule has 9 nitrogen and oxygen atoms in total. The lowest BCUT2D eigenvalue weighted by Gasteiger charge is -2.35. The van der Waals surface area contributed by atoms with Gasteiger partial charge in [-0.1, -0.05) is 36.4 Å². The van der Waals surface area contributed by atoms with Gasteiger partial charge in [0.1, 0.15) is 5.54 Å². The first kappa shape index (κ1) is 24.2. The molecule has 2 aromatic rings. The third-order valence-electron chi connectivity index (χ3n) is 5.66. The summed E-state index contributed by atoms with van der Waals surface area (Å²) in [6.45, 7) is 0.539. The number of rotatable bonds is 7. The minimum atomic E-state index is -3.33. The Balaban J connectivity index is 1.72. The van der Waals surface area contributed by atoms with Crippen LogP contribution < -0.4 is 10.6 Å². The summed E-state index contributed by atoms with van der Waals surface area (Å²) in [5, 5.41) is 23.8. The molecule has 0 spiro atoms. The van der Waals surface area contributed by atoms with Crippen LogP contribution in [0.4, 0.5) is 4.79 Å². The fraction of sp³-hybridized carbons (Fsp3) is 0.348. The highest BCUT2D eigenvalue weighted by atomic mass is 32.2. The molecule has 1 saturated heterocycles. The first-order chi connectivity index (χ1) is 15.6. The molecule has 2 aromatic carbocycles. The van der Waals surface area contributed by atoms with Crippen LogP contribution in [0.1, 0.15) is 24.3 Å². The molecule has 0 bridgehead atoms. The number of carbonyl (C=O) groups is 2. The SMILES string of the molecule is CS(=O)(=O)c1cccc(-c2ccc(C(C#N)CNC(=O)C3(NC(=O)O)CCOCC3)cc2)c1. The molecule has 174 valence electrons. The van der Waals surface area contributed by atoms with Gasteiger partial charge in [0.25, 0.3) is 0 Å². The van der Waals surface area contributed by atoms with E-state index in [0.29, 0.717) is 5.56 Å². The summed E-state index contributed by atoms with van der Waals surface area (Å²) in [5.74, 6) is -1.13. The second kappa shape index (κ2) is 10.0. The monoisotopic (exact) mass is 471 g/mol. The number of hydrogen-bond donors (Lipinski definition) is 3. The molecule has 1 aliphatic rings. The molecule has 1 heterocycles. The normalized spacial score (nSPS) is 16.2. The van der Waals surface area contributed by atoms with Crippen molar-refractivity contribution in [2.24, 2.45) is 0 Å². The van der Waals surface area contributed by atoms with Crippen molar-refractivity contribution in [1.82, 2.24) is 10.6 Å². The lowest BCUT2D eigenvalue weighted by atomic mass is 9.88. The van der Waals surface area contributed by atoms with Gasteiger partial charge in [0.15, 0.2) is 9.84 Å². The number of hydrogen-bond acceptors (Lipinski definition) is 6. The summed E-state index contributed by atoms with van der Waals surface area (Å²) in [6, 6.07) is 15.8. The van der Waals surface area contributed by atoms with E-state index in [-0.39, 0.29) is 37.5 Å². The Hall–Kier alpha value is -3.42. The molecule has 3 N–H and O–H groups in total. The van der Waals surface area contributed by atoms with Crippen molar-refractivity contribution in [1.29, 1.82) is 5.26 Å². The van der Waals surface area contributed by atoms with Gasteiger partial charge < -0.3 is 20.5 Å². The average molecular weight is 472 g/mol. The summed E-state index contributed by atoms with van der Waals surface area (Å²) < 4.78 is 28.9. The van der Waals surface area contributed by atoms with Crippen LogP contribution in [0, 0.1) is 11.3 Å². The van der Waals surface area contributed by atoms with E-state index in [0.717, 1.165) is 17.4 Å². The van der Waals surface area contributed by atoms with Crippen LogP contribution in [-0.4, -0.2) is 57.1 Å². The smallest absolute Gasteiger partial charge is 0.405 e. The van der Waals surface area contributed by atoms with Gasteiger partial charge >= 0.3 is 6.09 Å². The van der Waals surface area contributed by atoms with Gasteiger partial charge in [-0.05, 0) is 28.8 Å². The predicted octanol–water partition coefficient (Wildman–Crippen LogP) is 2.30. The number of nitriles is 1. The minimum Gasteiger partial charge on any atom is -0.465 e. The Bertz CT molecular complexity index is 1170. The lowest BCUT2D eigenvalue weighted by molar-refractivity contribution is -0.131. The van der Waals surface area contributed by atoms with Crippen molar-refractivity contribution in [2.45, 2.75) is 29.2 Å². The fourth-order valence-corrected chi connectivity index (χ4v) is 4.42. The van der Waals surface area contributed by atoms with Crippen LogP contribution in [0.25, 0.3) is 11.1 Å². The Morgan fingerprint density at radius 3 is 2.39 bits per heavy atom. The van der Waals surface area contributed by atoms with Crippen LogP contribution in [-0.2, 0) is 19.4 Å². The molecule has 1 atom stereocenters. The van der Waals surface area contributed by atoms with Gasteiger partial charge in [-0.25, -0.2) is 13.2 Å². The first-order valence-electron chi connectivity index (χ1n) is 10.3. The Morgan fingerprint density at radius 2 is 1.82 bits per heavy atom. The quantitative estimate of drug-likeness (QED) is 0.562. The zero-order chi connectivity index (χ0) is 24.1. The number of sulfone groups is 1. The Kier molecular flexibility index (Phi) is 7.36. The topological polar surface area (TPSA) is 146 Å². The number of nitrogens with zero attached hydrogens (tertiary/aromatic N) is 1. The van der Waals surface area contributed by atoms with E-state index in [4.69, 9.17) is 9.84 Å². The maximum Gasteiger partial charge on any atom is 0.405 e. The third-order valence-corrected chi connectivity index (χ3v) is 6.77. The van der Waals surface area contributed by atoms with Gasteiger partial charge in [0, 0.05) is 38.9 Å². The van der Waals surface area contributed by atoms with Crippen LogP contribution in [0.3, 0.4) is 0 Å². The van der Waals surface area contributed by atoms with Crippen LogP contribution in [0.2, 0.25) is 0 Å². The fourth-order valence-electron chi connectivity index (χ4n) is 3.75. The zero-order valence-corrected chi connectivity index (χ0v) is 18.9. The summed E-state index contributed by atoms with van der Waals surface area (Å²) in [4.78, 5) is 24.2. The molecule has 0 aromatic heterocycles. The van der Waals surface area contributed by atoms with Gasteiger partial charge in [-0.3, -0.25) is 4.79 Å². The van der Waals surface area contributed by atoms with Crippen LogP contribution >= 0.6 is 0 Å². The molecule has 0 saturated carbocycles. The summed E-state index contributed by atoms with van der Waals surface area (Å²) in [5.41, 5.74) is 0.913. The van der Waals surface area contributed by atoms with E-state index in [1.54, 1.807) is 42.5 Å². The summed E-state index contributed by atoms with van der Waals surface area (Å²) in [7, 11) is -3.33. The van der Waals surface area contributed by atoms with Crippen LogP contribution in [0.15, 0.2) is 53.4 Å². The molecular weight excluding hydrogens is 446 g/mol. The molecule has 0 aliphatic carbocycles. The molecule has 10 heteroatoms. The molecule has 1 unspecified atom stereocenters. The van der Waals surface area contributed by atoms with Crippen molar-refractivity contribution in [3.8, 4) is 17.2 Å². The Labute approximate surface area is 192 Å². The second-order valence-electron chi connectivity index (χ2n) is 7.94. The van der Waals surface area contributed by atoms with Gasteiger partial charge in [0.2, 0.25) is 5.91 Å². The highest BCUT2D eigenvalue weighted by molar-refractivity contribution is 7.90. The number of carbonyl (C=O) groups excluding carboxylic acids is 1. The maximum atomic E-state index is 12.8. The van der Waals surface area contributed by atoms with Crippen molar-refractivity contribution >= 4 is 21.8 Å².